The van der Waals surface area contributed by atoms with Crippen LogP contribution in [0.1, 0.15) is 44.8 Å². The third-order valence-corrected chi connectivity index (χ3v) is 3.46. The summed E-state index contributed by atoms with van der Waals surface area (Å²) < 4.78 is 4.47. The lowest BCUT2D eigenvalue weighted by molar-refractivity contribution is 0.527. The fourth-order valence-electron chi connectivity index (χ4n) is 2.36. The van der Waals surface area contributed by atoms with Crippen molar-refractivity contribution in [1.82, 2.24) is 19.4 Å². The molecule has 0 aliphatic carbocycles. The normalized spacial score (nSPS) is 12.8. The van der Waals surface area contributed by atoms with Gasteiger partial charge in [0.15, 0.2) is 0 Å². The predicted octanol–water partition coefficient (Wildman–Crippen LogP) is 2.81. The summed E-state index contributed by atoms with van der Waals surface area (Å²) in [6.45, 7) is 9.41. The second-order valence-corrected chi connectivity index (χ2v) is 4.87. The lowest BCUT2D eigenvalue weighted by atomic mass is 10.2. The molecule has 0 amide bonds. The zero-order valence-corrected chi connectivity index (χ0v) is 12.1. The minimum absolute atomic E-state index is 0.375. The summed E-state index contributed by atoms with van der Waals surface area (Å²) in [5, 5.41) is 3.54. The molecular weight excluding hydrogens is 236 g/mol. The molecule has 0 saturated carbocycles. The zero-order chi connectivity index (χ0) is 13.7. The largest absolute Gasteiger partial charge is 0.342 e. The van der Waals surface area contributed by atoms with E-state index in [1.165, 1.54) is 5.69 Å². The van der Waals surface area contributed by atoms with Crippen LogP contribution in [-0.4, -0.2) is 20.7 Å². The van der Waals surface area contributed by atoms with Gasteiger partial charge in [0.1, 0.15) is 5.82 Å². The first-order valence-corrected chi connectivity index (χ1v) is 7.14. The molecule has 1 N–H and O–H groups in total. The molecule has 0 spiro atoms. The van der Waals surface area contributed by atoms with Gasteiger partial charge in [0.25, 0.3) is 0 Å². The third-order valence-electron chi connectivity index (χ3n) is 3.46. The van der Waals surface area contributed by atoms with Crippen LogP contribution in [0.4, 0.5) is 0 Å². The van der Waals surface area contributed by atoms with E-state index in [9.17, 15) is 0 Å². The van der Waals surface area contributed by atoms with Crippen LogP contribution >= 0.6 is 0 Å². The van der Waals surface area contributed by atoms with Crippen molar-refractivity contribution in [2.75, 3.05) is 6.54 Å². The Kier molecular flexibility index (Phi) is 4.80. The molecule has 1 unspecified atom stereocenters. The van der Waals surface area contributed by atoms with Crippen LogP contribution in [0.3, 0.4) is 0 Å². The maximum atomic E-state index is 4.45. The maximum Gasteiger partial charge on any atom is 0.128 e. The lowest BCUT2D eigenvalue weighted by Crippen LogP contribution is -2.22. The van der Waals surface area contributed by atoms with Crippen LogP contribution < -0.4 is 5.32 Å². The van der Waals surface area contributed by atoms with E-state index < -0.39 is 0 Å². The highest BCUT2D eigenvalue weighted by molar-refractivity contribution is 5.13. The van der Waals surface area contributed by atoms with Gasteiger partial charge in [-0.15, -0.1) is 0 Å². The standard InChI is InChI=1S/C15H24N4/c1-4-8-16-13(3)14-7-6-10-19(14)12-15-17-9-11-18(15)5-2/h6-7,9-11,13,16H,4-5,8,12H2,1-3H3. The number of nitrogens with one attached hydrogen (secondary N) is 1. The fourth-order valence-corrected chi connectivity index (χ4v) is 2.36. The van der Waals surface area contributed by atoms with E-state index in [1.54, 1.807) is 0 Å². The van der Waals surface area contributed by atoms with Crippen LogP contribution in [0.25, 0.3) is 0 Å². The van der Waals surface area contributed by atoms with E-state index in [4.69, 9.17) is 0 Å². The summed E-state index contributed by atoms with van der Waals surface area (Å²) in [5.41, 5.74) is 1.32. The highest BCUT2D eigenvalue weighted by Crippen LogP contribution is 2.15. The first kappa shape index (κ1) is 13.9. The molecule has 1 atom stereocenters. The smallest absolute Gasteiger partial charge is 0.128 e. The van der Waals surface area contributed by atoms with E-state index in [2.05, 4.69) is 58.5 Å². The van der Waals surface area contributed by atoms with Crippen molar-refractivity contribution in [2.45, 2.75) is 46.3 Å². The van der Waals surface area contributed by atoms with Crippen molar-refractivity contribution in [3.8, 4) is 0 Å². The van der Waals surface area contributed by atoms with Crippen LogP contribution in [-0.2, 0) is 13.1 Å². The van der Waals surface area contributed by atoms with Crippen molar-refractivity contribution in [3.63, 3.8) is 0 Å². The van der Waals surface area contributed by atoms with Gasteiger partial charge in [-0.25, -0.2) is 4.98 Å². The number of aromatic nitrogens is 3. The first-order valence-electron chi connectivity index (χ1n) is 7.14. The van der Waals surface area contributed by atoms with Gasteiger partial charge < -0.3 is 14.5 Å². The Morgan fingerprint density at radius 2 is 2.11 bits per heavy atom. The monoisotopic (exact) mass is 260 g/mol. The van der Waals surface area contributed by atoms with E-state index in [0.717, 1.165) is 31.9 Å². The fraction of sp³-hybridized carbons (Fsp3) is 0.533. The molecule has 0 fully saturated rings. The molecule has 0 radical (unpaired) electrons. The molecule has 4 nitrogen and oxygen atoms in total. The molecule has 19 heavy (non-hydrogen) atoms. The van der Waals surface area contributed by atoms with Crippen molar-refractivity contribution < 1.29 is 0 Å². The Bertz CT molecular complexity index is 498. The van der Waals surface area contributed by atoms with E-state index >= 15 is 0 Å². The number of imidazole rings is 1. The molecule has 0 bridgehead atoms. The number of hydrogen-bond donors (Lipinski definition) is 1. The van der Waals surface area contributed by atoms with E-state index in [-0.39, 0.29) is 0 Å². The van der Waals surface area contributed by atoms with Gasteiger partial charge in [-0.3, -0.25) is 0 Å². The summed E-state index contributed by atoms with van der Waals surface area (Å²) >= 11 is 0. The Labute approximate surface area is 115 Å². The summed E-state index contributed by atoms with van der Waals surface area (Å²) in [5.74, 6) is 1.11. The van der Waals surface area contributed by atoms with Gasteiger partial charge in [0, 0.05) is 36.9 Å². The minimum Gasteiger partial charge on any atom is -0.342 e. The molecule has 0 aliphatic rings. The summed E-state index contributed by atoms with van der Waals surface area (Å²) in [6.07, 6.45) is 7.21. The maximum absolute atomic E-state index is 4.45. The SMILES string of the molecule is CCCNC(C)c1cccn1Cc1nccn1CC. The average Bonchev–Trinajstić information content (AvgIpc) is 3.05. The Morgan fingerprint density at radius 1 is 1.26 bits per heavy atom. The minimum atomic E-state index is 0.375. The first-order chi connectivity index (χ1) is 9.26. The van der Waals surface area contributed by atoms with E-state index in [1.807, 2.05) is 12.4 Å². The molecule has 0 aliphatic heterocycles. The van der Waals surface area contributed by atoms with Gasteiger partial charge in [-0.2, -0.15) is 0 Å². The van der Waals surface area contributed by atoms with Crippen molar-refractivity contribution in [2.24, 2.45) is 0 Å². The van der Waals surface area contributed by atoms with Crippen molar-refractivity contribution in [1.29, 1.82) is 0 Å². The van der Waals surface area contributed by atoms with Gasteiger partial charge in [-0.05, 0) is 38.9 Å². The summed E-state index contributed by atoms with van der Waals surface area (Å²) in [7, 11) is 0. The van der Waals surface area contributed by atoms with Crippen molar-refractivity contribution in [3.05, 3.63) is 42.2 Å². The molecule has 2 aromatic heterocycles. The van der Waals surface area contributed by atoms with Crippen LogP contribution in [0, 0.1) is 0 Å². The van der Waals surface area contributed by atoms with Gasteiger partial charge >= 0.3 is 0 Å². The molecule has 104 valence electrons. The lowest BCUT2D eigenvalue weighted by Gasteiger charge is -2.17. The second kappa shape index (κ2) is 6.57. The second-order valence-electron chi connectivity index (χ2n) is 4.87. The molecule has 2 heterocycles. The number of nitrogens with zero attached hydrogens (tertiary/aromatic N) is 3. The summed E-state index contributed by atoms with van der Waals surface area (Å²) in [4.78, 5) is 4.45. The zero-order valence-electron chi connectivity index (χ0n) is 12.1. The Balaban J connectivity index is 2.11. The molecule has 0 saturated heterocycles. The number of aryl methyl sites for hydroxylation is 1. The van der Waals surface area contributed by atoms with Crippen LogP contribution in [0.5, 0.6) is 0 Å². The van der Waals surface area contributed by atoms with E-state index in [0.29, 0.717) is 6.04 Å². The highest BCUT2D eigenvalue weighted by Gasteiger charge is 2.11. The topological polar surface area (TPSA) is 34.8 Å². The Hall–Kier alpha value is -1.55. The van der Waals surface area contributed by atoms with Gasteiger partial charge in [-0.1, -0.05) is 6.92 Å². The molecule has 2 aromatic rings. The average molecular weight is 260 g/mol. The van der Waals surface area contributed by atoms with Crippen LogP contribution in [0.2, 0.25) is 0 Å². The molecular formula is C15H24N4. The predicted molar refractivity (Wildman–Crippen MR) is 78.1 cm³/mol. The number of rotatable bonds is 7. The quantitative estimate of drug-likeness (QED) is 0.830. The third kappa shape index (κ3) is 3.26. The van der Waals surface area contributed by atoms with Crippen molar-refractivity contribution >= 4 is 0 Å². The Morgan fingerprint density at radius 3 is 2.84 bits per heavy atom. The molecule has 0 aromatic carbocycles. The molecule has 2 rings (SSSR count). The van der Waals surface area contributed by atoms with Crippen LogP contribution in [0.15, 0.2) is 30.7 Å². The summed E-state index contributed by atoms with van der Waals surface area (Å²) in [6, 6.07) is 4.67. The number of hydrogen-bond acceptors (Lipinski definition) is 2. The molecule has 4 heteroatoms. The highest BCUT2D eigenvalue weighted by atomic mass is 15.1. The van der Waals surface area contributed by atoms with Gasteiger partial charge in [0.2, 0.25) is 0 Å². The van der Waals surface area contributed by atoms with Gasteiger partial charge in [0.05, 0.1) is 6.54 Å².